The maximum absolute atomic E-state index is 12.5. The van der Waals surface area contributed by atoms with E-state index < -0.39 is 5.60 Å². The van der Waals surface area contributed by atoms with Crippen LogP contribution in [0.25, 0.3) is 0 Å². The Bertz CT molecular complexity index is 701. The van der Waals surface area contributed by atoms with Crippen LogP contribution in [0.15, 0.2) is 24.3 Å². The minimum atomic E-state index is -0.523. The number of nitrogens with one attached hydrogen (secondary N) is 1. The van der Waals surface area contributed by atoms with Gasteiger partial charge in [-0.25, -0.2) is 4.79 Å². The average molecular weight is 420 g/mol. The van der Waals surface area contributed by atoms with E-state index in [-0.39, 0.29) is 30.1 Å². The third-order valence-corrected chi connectivity index (χ3v) is 5.40. The number of esters is 1. The predicted octanol–water partition coefficient (Wildman–Crippen LogP) is 4.99. The van der Waals surface area contributed by atoms with Crippen LogP contribution in [0.1, 0.15) is 72.8 Å². The van der Waals surface area contributed by atoms with Gasteiger partial charge in [0.1, 0.15) is 24.6 Å². The molecule has 0 spiro atoms. The number of hydrogen-bond acceptors (Lipinski definition) is 5. The molecule has 1 saturated carbocycles. The third kappa shape index (κ3) is 6.92. The fraction of sp³-hybridized carbons (Fsp3) is 0.667. The van der Waals surface area contributed by atoms with Crippen molar-refractivity contribution in [1.29, 1.82) is 0 Å². The van der Waals surface area contributed by atoms with Crippen molar-refractivity contribution in [3.8, 4) is 5.75 Å². The van der Waals surface area contributed by atoms with Gasteiger partial charge in [-0.2, -0.15) is 0 Å². The van der Waals surface area contributed by atoms with Crippen LogP contribution in [0.4, 0.5) is 4.79 Å². The summed E-state index contributed by atoms with van der Waals surface area (Å²) in [5, 5.41) is 3.17. The van der Waals surface area contributed by atoms with Crippen LogP contribution in [0.3, 0.4) is 0 Å². The number of benzene rings is 1. The highest BCUT2D eigenvalue weighted by Crippen LogP contribution is 2.48. The summed E-state index contributed by atoms with van der Waals surface area (Å²) >= 11 is 0. The summed E-state index contributed by atoms with van der Waals surface area (Å²) in [6, 6.07) is 8.08. The molecule has 0 aliphatic heterocycles. The molecule has 1 aromatic rings. The second-order valence-electron chi connectivity index (χ2n) is 9.55. The first kappa shape index (κ1) is 24.0. The maximum atomic E-state index is 12.5. The van der Waals surface area contributed by atoms with Crippen LogP contribution in [-0.2, 0) is 19.7 Å². The maximum Gasteiger partial charge on any atom is 0.407 e. The number of amides is 1. The van der Waals surface area contributed by atoms with E-state index >= 15 is 0 Å². The predicted molar refractivity (Wildman–Crippen MR) is 117 cm³/mol. The van der Waals surface area contributed by atoms with Crippen molar-refractivity contribution in [2.75, 3.05) is 13.2 Å². The number of hydrogen-bond donors (Lipinski definition) is 1. The molecule has 30 heavy (non-hydrogen) atoms. The van der Waals surface area contributed by atoms with E-state index in [0.717, 1.165) is 31.4 Å². The minimum Gasteiger partial charge on any atom is -0.490 e. The largest absolute Gasteiger partial charge is 0.490 e. The number of carbonyl (C=O) groups is 2. The van der Waals surface area contributed by atoms with Crippen molar-refractivity contribution in [1.82, 2.24) is 5.32 Å². The first-order valence-electron chi connectivity index (χ1n) is 10.9. The number of carbonyl (C=O) groups excluding carboxylic acids is 2. The Balaban J connectivity index is 2.11. The van der Waals surface area contributed by atoms with Crippen molar-refractivity contribution in [2.24, 2.45) is 5.92 Å². The van der Waals surface area contributed by atoms with E-state index in [1.54, 1.807) is 0 Å². The minimum absolute atomic E-state index is 0.0110. The smallest absolute Gasteiger partial charge is 0.407 e. The summed E-state index contributed by atoms with van der Waals surface area (Å²) in [5.74, 6) is 0.877. The lowest BCUT2D eigenvalue weighted by molar-refractivity contribution is -0.141. The Morgan fingerprint density at radius 3 is 2.20 bits per heavy atom. The van der Waals surface area contributed by atoms with E-state index in [0.29, 0.717) is 12.5 Å². The fourth-order valence-corrected chi connectivity index (χ4v) is 3.97. The second kappa shape index (κ2) is 10.2. The SMILES string of the molecule is CC(=O)OCCOc1ccc(C2(C(CC(C)C)NC(=O)OC(C)(C)C)CCC2)cc1. The number of alkyl carbamates (subject to hydrolysis) is 1. The molecule has 0 heterocycles. The molecule has 1 aliphatic carbocycles. The number of ether oxygens (including phenoxy) is 3. The quantitative estimate of drug-likeness (QED) is 0.451. The van der Waals surface area contributed by atoms with Gasteiger partial charge in [0.2, 0.25) is 0 Å². The first-order chi connectivity index (χ1) is 14.0. The lowest BCUT2D eigenvalue weighted by Gasteiger charge is -2.49. The van der Waals surface area contributed by atoms with Gasteiger partial charge < -0.3 is 19.5 Å². The Morgan fingerprint density at radius 2 is 1.73 bits per heavy atom. The highest BCUT2D eigenvalue weighted by Gasteiger charge is 2.46. The molecule has 6 nitrogen and oxygen atoms in total. The van der Waals surface area contributed by atoms with Crippen LogP contribution >= 0.6 is 0 Å². The van der Waals surface area contributed by atoms with Crippen LogP contribution in [0, 0.1) is 5.92 Å². The van der Waals surface area contributed by atoms with Gasteiger partial charge in [-0.1, -0.05) is 32.4 Å². The molecule has 1 N–H and O–H groups in total. The van der Waals surface area contributed by atoms with Gasteiger partial charge >= 0.3 is 12.1 Å². The van der Waals surface area contributed by atoms with Crippen molar-refractivity contribution in [3.05, 3.63) is 29.8 Å². The number of rotatable bonds is 9. The summed E-state index contributed by atoms with van der Waals surface area (Å²) in [6.07, 6.45) is 3.75. The zero-order valence-corrected chi connectivity index (χ0v) is 19.2. The van der Waals surface area contributed by atoms with Gasteiger partial charge in [0.05, 0.1) is 0 Å². The van der Waals surface area contributed by atoms with Crippen LogP contribution in [-0.4, -0.2) is 36.9 Å². The van der Waals surface area contributed by atoms with E-state index in [9.17, 15) is 9.59 Å². The third-order valence-electron chi connectivity index (χ3n) is 5.40. The van der Waals surface area contributed by atoms with Gasteiger partial charge in [-0.15, -0.1) is 0 Å². The first-order valence-corrected chi connectivity index (χ1v) is 10.9. The van der Waals surface area contributed by atoms with Gasteiger partial charge in [0.25, 0.3) is 0 Å². The Morgan fingerprint density at radius 1 is 1.10 bits per heavy atom. The summed E-state index contributed by atoms with van der Waals surface area (Å²) in [5.41, 5.74) is 0.602. The van der Waals surface area contributed by atoms with Gasteiger partial charge in [-0.05, 0) is 63.6 Å². The molecule has 1 aromatic carbocycles. The molecular weight excluding hydrogens is 382 g/mol. The van der Waals surface area contributed by atoms with Crippen LogP contribution in [0.2, 0.25) is 0 Å². The monoisotopic (exact) mass is 419 g/mol. The summed E-state index contributed by atoms with van der Waals surface area (Å²) in [6.45, 7) is 11.9. The molecule has 1 aliphatic rings. The van der Waals surface area contributed by atoms with E-state index in [4.69, 9.17) is 14.2 Å². The zero-order chi connectivity index (χ0) is 22.4. The second-order valence-corrected chi connectivity index (χ2v) is 9.55. The lowest BCUT2D eigenvalue weighted by Crippen LogP contribution is -2.55. The molecule has 6 heteroatoms. The topological polar surface area (TPSA) is 73.9 Å². The van der Waals surface area contributed by atoms with Crippen molar-refractivity contribution >= 4 is 12.1 Å². The molecule has 0 bridgehead atoms. The highest BCUT2D eigenvalue weighted by molar-refractivity contribution is 5.68. The fourth-order valence-electron chi connectivity index (χ4n) is 3.97. The molecule has 1 unspecified atom stereocenters. The Kier molecular flexibility index (Phi) is 8.16. The van der Waals surface area contributed by atoms with Gasteiger partial charge in [-0.3, -0.25) is 4.79 Å². The van der Waals surface area contributed by atoms with Crippen molar-refractivity contribution < 1.29 is 23.8 Å². The zero-order valence-electron chi connectivity index (χ0n) is 19.2. The van der Waals surface area contributed by atoms with E-state index in [1.807, 2.05) is 32.9 Å². The molecule has 0 radical (unpaired) electrons. The molecule has 1 amide bonds. The van der Waals surface area contributed by atoms with Gasteiger partial charge in [0, 0.05) is 18.4 Å². The lowest BCUT2D eigenvalue weighted by atomic mass is 9.59. The highest BCUT2D eigenvalue weighted by atomic mass is 16.6. The Labute approximate surface area is 180 Å². The molecule has 0 aromatic heterocycles. The van der Waals surface area contributed by atoms with E-state index in [1.165, 1.54) is 12.5 Å². The van der Waals surface area contributed by atoms with E-state index in [2.05, 4.69) is 31.3 Å². The molecule has 2 rings (SSSR count). The van der Waals surface area contributed by atoms with Crippen LogP contribution in [0.5, 0.6) is 5.75 Å². The Hall–Kier alpha value is -2.24. The normalized spacial score (nSPS) is 16.4. The molecular formula is C24H37NO5. The van der Waals surface area contributed by atoms with Gasteiger partial charge in [0.15, 0.2) is 0 Å². The molecule has 1 atom stereocenters. The summed E-state index contributed by atoms with van der Waals surface area (Å²) < 4.78 is 16.1. The summed E-state index contributed by atoms with van der Waals surface area (Å²) in [7, 11) is 0. The van der Waals surface area contributed by atoms with Crippen molar-refractivity contribution in [3.63, 3.8) is 0 Å². The molecule has 0 saturated heterocycles. The average Bonchev–Trinajstić information content (AvgIpc) is 2.56. The summed E-state index contributed by atoms with van der Waals surface area (Å²) in [4.78, 5) is 23.4. The molecule has 168 valence electrons. The van der Waals surface area contributed by atoms with Crippen molar-refractivity contribution in [2.45, 2.75) is 84.3 Å². The standard InChI is InChI=1S/C24H37NO5/c1-17(2)16-21(25-22(27)30-23(4,5)6)24(12-7-13-24)19-8-10-20(11-9-19)29-15-14-28-18(3)26/h8-11,17,21H,7,12-16H2,1-6H3,(H,25,27). The van der Waals surface area contributed by atoms with Crippen LogP contribution < -0.4 is 10.1 Å². The molecule has 1 fully saturated rings.